The number of aromatic nitrogens is 1. The molecule has 1 amide bonds. The van der Waals surface area contributed by atoms with E-state index in [2.05, 4.69) is 25.7 Å². The van der Waals surface area contributed by atoms with E-state index in [1.807, 2.05) is 5.32 Å². The highest BCUT2D eigenvalue weighted by molar-refractivity contribution is 9.10. The van der Waals surface area contributed by atoms with Gasteiger partial charge in [0.15, 0.2) is 0 Å². The van der Waals surface area contributed by atoms with Crippen LogP contribution in [0, 0.1) is 6.92 Å². The number of carbonyl (C=O) groups is 2. The number of carbonyl (C=O) groups excluding carboxylic acids is 2. The van der Waals surface area contributed by atoms with Crippen LogP contribution in [0.5, 0.6) is 0 Å². The van der Waals surface area contributed by atoms with E-state index in [4.69, 9.17) is 0 Å². The normalized spacial score (nSPS) is 13.4. The van der Waals surface area contributed by atoms with Crippen LogP contribution in [0.2, 0.25) is 0 Å². The van der Waals surface area contributed by atoms with Crippen molar-refractivity contribution >= 4 is 33.6 Å². The van der Waals surface area contributed by atoms with E-state index in [9.17, 15) is 22.8 Å². The van der Waals surface area contributed by atoms with Crippen LogP contribution in [0.25, 0.3) is 0 Å². The quantitative estimate of drug-likeness (QED) is 0.544. The number of nitrogens with zero attached hydrogens (tertiary/aromatic N) is 1. The van der Waals surface area contributed by atoms with E-state index in [1.165, 1.54) is 30.5 Å². The minimum Gasteiger partial charge on any atom is -0.466 e. The number of aryl methyl sites for hydroxylation is 1. The first-order valence-corrected chi connectivity index (χ1v) is 8.32. The number of amides is 1. The third-order valence-corrected chi connectivity index (χ3v) is 4.04. The Morgan fingerprint density at radius 3 is 2.22 bits per heavy atom. The average molecular weight is 446 g/mol. The Morgan fingerprint density at radius 1 is 1.11 bits per heavy atom. The molecule has 0 bridgehead atoms. The van der Waals surface area contributed by atoms with Crippen molar-refractivity contribution in [1.29, 1.82) is 0 Å². The van der Waals surface area contributed by atoms with Crippen LogP contribution in [0.3, 0.4) is 0 Å². The average Bonchev–Trinajstić information content (AvgIpc) is 2.61. The summed E-state index contributed by atoms with van der Waals surface area (Å²) in [6, 6.07) is 8.46. The Balaban J connectivity index is 2.46. The predicted molar refractivity (Wildman–Crippen MR) is 95.0 cm³/mol. The number of benzene rings is 1. The molecule has 1 atom stereocenters. The predicted octanol–water partition coefficient (Wildman–Crippen LogP) is 3.43. The maximum Gasteiger partial charge on any atom is 0.441 e. The number of pyridine rings is 1. The number of ether oxygens (including phenoxy) is 1. The van der Waals surface area contributed by atoms with E-state index in [0.29, 0.717) is 4.47 Å². The van der Waals surface area contributed by atoms with Crippen molar-refractivity contribution in [2.75, 3.05) is 12.4 Å². The molecule has 27 heavy (non-hydrogen) atoms. The van der Waals surface area contributed by atoms with Crippen LogP contribution >= 0.6 is 15.9 Å². The van der Waals surface area contributed by atoms with Gasteiger partial charge in [0.25, 0.3) is 5.91 Å². The number of halogens is 4. The maximum atomic E-state index is 13.9. The summed E-state index contributed by atoms with van der Waals surface area (Å²) < 4.78 is 46.5. The maximum absolute atomic E-state index is 13.9. The van der Waals surface area contributed by atoms with Crippen molar-refractivity contribution in [3.8, 4) is 0 Å². The zero-order chi connectivity index (χ0) is 20.2. The standard InChI is InChI=1S/C17H15BrF3N3O3/c1-10-3-5-11(6-4-10)14(25)24-16(15(26)27-2,17(19,20)21)23-13-8-7-12(18)9-22-13/h3-9H,1-2H3,(H,22,23)(H,24,25)/t16-/m0/s1. The molecular weight excluding hydrogens is 431 g/mol. The van der Waals surface area contributed by atoms with Crippen molar-refractivity contribution in [1.82, 2.24) is 10.3 Å². The Kier molecular flexibility index (Phi) is 6.09. The molecule has 2 N–H and O–H groups in total. The minimum absolute atomic E-state index is 0.0521. The third kappa shape index (κ3) is 4.57. The molecule has 0 fully saturated rings. The van der Waals surface area contributed by atoms with Gasteiger partial charge in [-0.15, -0.1) is 0 Å². The molecule has 0 aliphatic carbocycles. The Bertz CT molecular complexity index is 826. The molecule has 1 aromatic carbocycles. The molecule has 10 heteroatoms. The number of methoxy groups -OCH3 is 1. The van der Waals surface area contributed by atoms with Gasteiger partial charge in [-0.3, -0.25) is 4.79 Å². The summed E-state index contributed by atoms with van der Waals surface area (Å²) in [6.07, 6.45) is -3.99. The van der Waals surface area contributed by atoms with Gasteiger partial charge in [0.1, 0.15) is 5.82 Å². The van der Waals surface area contributed by atoms with Gasteiger partial charge in [-0.25, -0.2) is 9.78 Å². The van der Waals surface area contributed by atoms with E-state index >= 15 is 0 Å². The lowest BCUT2D eigenvalue weighted by Crippen LogP contribution is -2.69. The van der Waals surface area contributed by atoms with Gasteiger partial charge in [0.2, 0.25) is 0 Å². The number of anilines is 1. The minimum atomic E-state index is -5.23. The molecule has 0 aliphatic rings. The van der Waals surface area contributed by atoms with Crippen molar-refractivity contribution in [3.63, 3.8) is 0 Å². The summed E-state index contributed by atoms with van der Waals surface area (Å²) in [5.41, 5.74) is -2.76. The van der Waals surface area contributed by atoms with E-state index in [0.717, 1.165) is 12.7 Å². The lowest BCUT2D eigenvalue weighted by atomic mass is 10.1. The van der Waals surface area contributed by atoms with E-state index in [-0.39, 0.29) is 11.4 Å². The summed E-state index contributed by atoms with van der Waals surface area (Å²) in [4.78, 5) is 28.3. The van der Waals surface area contributed by atoms with Gasteiger partial charge in [0.05, 0.1) is 7.11 Å². The molecule has 0 spiro atoms. The third-order valence-electron chi connectivity index (χ3n) is 3.57. The lowest BCUT2D eigenvalue weighted by Gasteiger charge is -2.34. The summed E-state index contributed by atoms with van der Waals surface area (Å²) in [5, 5.41) is 3.68. The number of rotatable bonds is 5. The molecule has 0 unspecified atom stereocenters. The van der Waals surface area contributed by atoms with Crippen LogP contribution in [0.15, 0.2) is 47.1 Å². The van der Waals surface area contributed by atoms with Crippen molar-refractivity contribution in [2.24, 2.45) is 0 Å². The molecule has 1 aromatic heterocycles. The van der Waals surface area contributed by atoms with Gasteiger partial charge in [-0.2, -0.15) is 13.2 Å². The van der Waals surface area contributed by atoms with Crippen LogP contribution < -0.4 is 10.6 Å². The highest BCUT2D eigenvalue weighted by Gasteiger charge is 2.63. The first-order chi connectivity index (χ1) is 12.6. The molecule has 0 radical (unpaired) electrons. The number of alkyl halides is 3. The highest BCUT2D eigenvalue weighted by Crippen LogP contribution is 2.33. The Hall–Kier alpha value is -2.62. The fourth-order valence-corrected chi connectivity index (χ4v) is 2.37. The summed E-state index contributed by atoms with van der Waals surface area (Å²) in [6.45, 7) is 1.76. The van der Waals surface area contributed by atoms with Crippen LogP contribution in [-0.4, -0.2) is 35.8 Å². The first-order valence-electron chi connectivity index (χ1n) is 7.53. The number of nitrogens with one attached hydrogen (secondary N) is 2. The molecule has 2 rings (SSSR count). The fraction of sp³-hybridized carbons (Fsp3) is 0.235. The Morgan fingerprint density at radius 2 is 1.74 bits per heavy atom. The Labute approximate surface area is 161 Å². The number of hydrogen-bond acceptors (Lipinski definition) is 5. The molecule has 0 saturated heterocycles. The molecule has 144 valence electrons. The molecular formula is C17H15BrF3N3O3. The largest absolute Gasteiger partial charge is 0.466 e. The summed E-state index contributed by atoms with van der Waals surface area (Å²) >= 11 is 3.11. The molecule has 0 aliphatic heterocycles. The lowest BCUT2D eigenvalue weighted by molar-refractivity contribution is -0.203. The van der Waals surface area contributed by atoms with Gasteiger partial charge >= 0.3 is 17.8 Å². The number of hydrogen-bond donors (Lipinski definition) is 2. The smallest absolute Gasteiger partial charge is 0.441 e. The molecule has 0 saturated carbocycles. The van der Waals surface area contributed by atoms with Gasteiger partial charge in [0, 0.05) is 16.2 Å². The highest BCUT2D eigenvalue weighted by atomic mass is 79.9. The second-order valence-electron chi connectivity index (χ2n) is 5.55. The molecule has 6 nitrogen and oxygen atoms in total. The number of esters is 1. The van der Waals surface area contributed by atoms with Crippen molar-refractivity contribution < 1.29 is 27.5 Å². The molecule has 2 aromatic rings. The van der Waals surface area contributed by atoms with Crippen LogP contribution in [0.1, 0.15) is 15.9 Å². The SMILES string of the molecule is COC(=O)[C@@](NC(=O)c1ccc(C)cc1)(Nc1ccc(Br)cn1)C(F)(F)F. The fourth-order valence-electron chi connectivity index (χ4n) is 2.13. The van der Waals surface area contributed by atoms with Gasteiger partial charge < -0.3 is 15.4 Å². The van der Waals surface area contributed by atoms with Crippen LogP contribution in [-0.2, 0) is 9.53 Å². The second kappa shape index (κ2) is 7.95. The van der Waals surface area contributed by atoms with E-state index in [1.54, 1.807) is 24.4 Å². The second-order valence-corrected chi connectivity index (χ2v) is 6.46. The monoisotopic (exact) mass is 445 g/mol. The topological polar surface area (TPSA) is 80.3 Å². The first kappa shape index (κ1) is 20.7. The van der Waals surface area contributed by atoms with Crippen LogP contribution in [0.4, 0.5) is 19.0 Å². The summed E-state index contributed by atoms with van der Waals surface area (Å²) in [5.74, 6) is -3.13. The van der Waals surface area contributed by atoms with Crippen molar-refractivity contribution in [3.05, 3.63) is 58.2 Å². The molecule has 1 heterocycles. The zero-order valence-electron chi connectivity index (χ0n) is 14.2. The van der Waals surface area contributed by atoms with Gasteiger partial charge in [-0.05, 0) is 47.1 Å². The summed E-state index contributed by atoms with van der Waals surface area (Å²) in [7, 11) is 0.789. The zero-order valence-corrected chi connectivity index (χ0v) is 15.8. The van der Waals surface area contributed by atoms with Gasteiger partial charge in [-0.1, -0.05) is 17.7 Å². The van der Waals surface area contributed by atoms with E-state index < -0.39 is 23.7 Å². The van der Waals surface area contributed by atoms with Crippen molar-refractivity contribution in [2.45, 2.75) is 18.8 Å².